The van der Waals surface area contributed by atoms with Crippen LogP contribution in [0.2, 0.25) is 0 Å². The van der Waals surface area contributed by atoms with Gasteiger partial charge in [0, 0.05) is 55.0 Å². The van der Waals surface area contributed by atoms with Crippen molar-refractivity contribution in [1.29, 1.82) is 0 Å². The summed E-state index contributed by atoms with van der Waals surface area (Å²) in [6.45, 7) is 3.73. The number of nitrogens with two attached hydrogens (primary N) is 1. The first-order chi connectivity index (χ1) is 19.6. The molecule has 9 atom stereocenters. The standard InChI is InChI=1S/C31H46N4O6/c1-19-6-7-20-14-23-25(26(38)39)29(40,18-41-22-5-3-4-21(37)15-22)24-8-9-28(16-34-11-13-36)10-12-35(27(32)33-2)17-30(20,28)31(19,23)24/h8-10,12,19-22,24,34,36-37,40H,3-7,11,13-18H2,1-2H3,(H2,32,33)(H,38,39)/t19-,20-,21-,22-,24-,28-,29-,30-,31+/m1/s1. The van der Waals surface area contributed by atoms with Crippen LogP contribution in [0.4, 0.5) is 0 Å². The number of carbonyl (C=O) groups is 1. The third-order valence-electron chi connectivity index (χ3n) is 11.8. The average Bonchev–Trinajstić information content (AvgIpc) is 3.29. The Labute approximate surface area is 242 Å². The Bertz CT molecular complexity index is 1200. The van der Waals surface area contributed by atoms with E-state index in [-0.39, 0.29) is 36.7 Å². The van der Waals surface area contributed by atoms with Crippen LogP contribution in [0.3, 0.4) is 0 Å². The van der Waals surface area contributed by atoms with Crippen molar-refractivity contribution in [2.24, 2.45) is 44.7 Å². The van der Waals surface area contributed by atoms with E-state index >= 15 is 0 Å². The summed E-state index contributed by atoms with van der Waals surface area (Å²) in [6, 6.07) is 0. The van der Waals surface area contributed by atoms with Crippen molar-refractivity contribution in [2.45, 2.75) is 69.7 Å². The van der Waals surface area contributed by atoms with Crippen molar-refractivity contribution in [3.63, 3.8) is 0 Å². The maximum Gasteiger partial charge on any atom is 0.334 e. The van der Waals surface area contributed by atoms with E-state index in [0.717, 1.165) is 37.7 Å². The van der Waals surface area contributed by atoms with Crippen molar-refractivity contribution < 1.29 is 30.0 Å². The zero-order valence-corrected chi connectivity index (χ0v) is 24.3. The SMILES string of the molecule is CN=C(N)N1C=C[C@@]2(CNCCO)C=C[C@H]3[C@@]45C(=C(C(=O)O)[C@@]3(O)CO[C@@H]3CCC[C@@H](O)C3)C[C@@H](CC[C@H]4C)[C@]25C1. The molecule has 0 radical (unpaired) electrons. The summed E-state index contributed by atoms with van der Waals surface area (Å²) < 4.78 is 6.32. The van der Waals surface area contributed by atoms with E-state index in [0.29, 0.717) is 38.4 Å². The lowest BCUT2D eigenvalue weighted by Gasteiger charge is -2.68. The van der Waals surface area contributed by atoms with Gasteiger partial charge in [0.25, 0.3) is 0 Å². The highest BCUT2D eigenvalue weighted by molar-refractivity contribution is 5.92. The Kier molecular flexibility index (Phi) is 7.17. The third kappa shape index (κ3) is 3.73. The number of nitrogens with one attached hydrogen (secondary N) is 1. The van der Waals surface area contributed by atoms with Crippen LogP contribution in [-0.2, 0) is 9.53 Å². The number of ether oxygens (including phenoxy) is 1. The molecule has 0 aromatic carbocycles. The van der Waals surface area contributed by atoms with Gasteiger partial charge in [-0.2, -0.15) is 0 Å². The molecule has 7 N–H and O–H groups in total. The van der Waals surface area contributed by atoms with Gasteiger partial charge in [-0.05, 0) is 62.4 Å². The Morgan fingerprint density at radius 2 is 2.07 bits per heavy atom. The molecule has 0 aromatic heterocycles. The molecular weight excluding hydrogens is 524 g/mol. The number of guanidine groups is 1. The fourth-order valence-corrected chi connectivity index (χ4v) is 10.4. The average molecular weight is 571 g/mol. The van der Waals surface area contributed by atoms with Crippen molar-refractivity contribution in [1.82, 2.24) is 10.2 Å². The summed E-state index contributed by atoms with van der Waals surface area (Å²) in [5, 5.41) is 46.7. The lowest BCUT2D eigenvalue weighted by atomic mass is 9.37. The molecule has 10 heteroatoms. The molecule has 6 aliphatic rings. The Morgan fingerprint density at radius 1 is 1.27 bits per heavy atom. The van der Waals surface area contributed by atoms with Gasteiger partial charge in [0.05, 0.1) is 31.0 Å². The first-order valence-corrected chi connectivity index (χ1v) is 15.3. The van der Waals surface area contributed by atoms with E-state index < -0.39 is 39.8 Å². The lowest BCUT2D eigenvalue weighted by molar-refractivity contribution is -0.180. The summed E-state index contributed by atoms with van der Waals surface area (Å²) in [7, 11) is 1.67. The second kappa shape index (κ2) is 10.2. The summed E-state index contributed by atoms with van der Waals surface area (Å²) >= 11 is 0. The normalized spacial score (nSPS) is 44.8. The van der Waals surface area contributed by atoms with Gasteiger partial charge in [-0.15, -0.1) is 0 Å². The highest BCUT2D eigenvalue weighted by atomic mass is 16.5. The van der Waals surface area contributed by atoms with Gasteiger partial charge in [-0.1, -0.05) is 25.2 Å². The van der Waals surface area contributed by atoms with E-state index in [4.69, 9.17) is 10.5 Å². The van der Waals surface area contributed by atoms with Gasteiger partial charge >= 0.3 is 5.97 Å². The Morgan fingerprint density at radius 3 is 2.78 bits per heavy atom. The molecule has 5 aliphatic carbocycles. The Hall–Kier alpha value is -2.24. The number of hydrogen-bond acceptors (Lipinski definition) is 7. The molecular formula is C31H46N4O6. The fraction of sp³-hybridized carbons (Fsp3) is 0.742. The third-order valence-corrected chi connectivity index (χ3v) is 11.8. The van der Waals surface area contributed by atoms with Crippen LogP contribution in [0.1, 0.15) is 51.9 Å². The second-order valence-electron chi connectivity index (χ2n) is 13.4. The number of carboxylic acid groups (broad SMARTS) is 1. The molecule has 3 fully saturated rings. The highest BCUT2D eigenvalue weighted by Gasteiger charge is 2.82. The van der Waals surface area contributed by atoms with Crippen LogP contribution in [0.5, 0.6) is 0 Å². The van der Waals surface area contributed by atoms with Crippen LogP contribution in [0, 0.1) is 34.0 Å². The fourth-order valence-electron chi connectivity index (χ4n) is 10.4. The second-order valence-corrected chi connectivity index (χ2v) is 13.4. The maximum atomic E-state index is 13.2. The van der Waals surface area contributed by atoms with Gasteiger partial charge in [0.15, 0.2) is 5.96 Å². The molecule has 0 unspecified atom stereocenters. The van der Waals surface area contributed by atoms with Crippen molar-refractivity contribution in [3.05, 3.63) is 35.6 Å². The van der Waals surface area contributed by atoms with E-state index in [1.165, 1.54) is 0 Å². The number of aliphatic hydroxyl groups excluding tert-OH is 2. The first-order valence-electron chi connectivity index (χ1n) is 15.3. The zero-order valence-electron chi connectivity index (χ0n) is 24.3. The molecule has 1 heterocycles. The van der Waals surface area contributed by atoms with E-state index in [2.05, 4.69) is 35.5 Å². The number of allylic oxidation sites excluding steroid dienone is 1. The van der Waals surface area contributed by atoms with E-state index in [1.54, 1.807) is 7.05 Å². The van der Waals surface area contributed by atoms with Crippen molar-refractivity contribution in [3.8, 4) is 0 Å². The molecule has 226 valence electrons. The topological polar surface area (TPSA) is 161 Å². The molecule has 0 aromatic rings. The summed E-state index contributed by atoms with van der Waals surface area (Å²) in [4.78, 5) is 19.5. The van der Waals surface area contributed by atoms with Gasteiger partial charge in [-0.3, -0.25) is 4.99 Å². The van der Waals surface area contributed by atoms with Crippen LogP contribution >= 0.6 is 0 Å². The highest BCUT2D eigenvalue weighted by Crippen LogP contribution is 2.82. The van der Waals surface area contributed by atoms with Gasteiger partial charge in [0.2, 0.25) is 0 Å². The largest absolute Gasteiger partial charge is 0.478 e. The number of nitrogens with zero attached hydrogens (tertiary/aromatic N) is 2. The molecule has 0 amide bonds. The number of hydrogen-bond donors (Lipinski definition) is 6. The minimum absolute atomic E-state index is 0.0208. The van der Waals surface area contributed by atoms with Crippen LogP contribution in [0.25, 0.3) is 0 Å². The van der Waals surface area contributed by atoms with E-state index in [9.17, 15) is 25.2 Å². The predicted octanol–water partition coefficient (Wildman–Crippen LogP) is 1.38. The van der Waals surface area contributed by atoms with E-state index in [1.807, 2.05) is 11.1 Å². The van der Waals surface area contributed by atoms with Crippen LogP contribution < -0.4 is 11.1 Å². The molecule has 3 saturated carbocycles. The number of aliphatic carboxylic acids is 1. The monoisotopic (exact) mass is 570 g/mol. The molecule has 41 heavy (non-hydrogen) atoms. The van der Waals surface area contributed by atoms with Crippen molar-refractivity contribution in [2.75, 3.05) is 39.9 Å². The molecule has 6 rings (SSSR count). The smallest absolute Gasteiger partial charge is 0.334 e. The van der Waals surface area contributed by atoms with Crippen LogP contribution in [0.15, 0.2) is 40.6 Å². The molecule has 2 spiro atoms. The molecule has 0 saturated heterocycles. The number of aliphatic hydroxyl groups is 3. The quantitative estimate of drug-likeness (QED) is 0.110. The Balaban J connectivity index is 1.53. The zero-order chi connectivity index (χ0) is 29.2. The minimum Gasteiger partial charge on any atom is -0.478 e. The molecule has 2 bridgehead atoms. The van der Waals surface area contributed by atoms with Gasteiger partial charge in [-0.25, -0.2) is 4.79 Å². The number of aliphatic imine (C=N–C) groups is 1. The van der Waals surface area contributed by atoms with Crippen molar-refractivity contribution >= 4 is 11.9 Å². The van der Waals surface area contributed by atoms with Crippen LogP contribution in [-0.4, -0.2) is 95.0 Å². The van der Waals surface area contributed by atoms with Gasteiger partial charge < -0.3 is 41.1 Å². The lowest BCUT2D eigenvalue weighted by Crippen LogP contribution is -2.70. The molecule has 1 aliphatic heterocycles. The number of carboxylic acids is 1. The number of rotatable bonds is 8. The molecule has 10 nitrogen and oxygen atoms in total. The minimum atomic E-state index is -1.70. The maximum absolute atomic E-state index is 13.2. The first kappa shape index (κ1) is 28.9. The summed E-state index contributed by atoms with van der Waals surface area (Å²) in [5.74, 6) is -0.865. The summed E-state index contributed by atoms with van der Waals surface area (Å²) in [6.07, 6.45) is 13.2. The predicted molar refractivity (Wildman–Crippen MR) is 154 cm³/mol. The van der Waals surface area contributed by atoms with Gasteiger partial charge in [0.1, 0.15) is 5.60 Å². The summed E-state index contributed by atoms with van der Waals surface area (Å²) in [5.41, 5.74) is 4.12.